The Morgan fingerprint density at radius 3 is 2.48 bits per heavy atom. The summed E-state index contributed by atoms with van der Waals surface area (Å²) in [6.07, 6.45) is -4.91. The Labute approximate surface area is 177 Å². The van der Waals surface area contributed by atoms with Crippen molar-refractivity contribution < 1.29 is 37.2 Å². The Kier molecular flexibility index (Phi) is 6.71. The smallest absolute Gasteiger partial charge is 0.459 e. The number of carbonyl (C=O) groups excluding carboxylic acids is 2. The number of hydrogen-bond donors (Lipinski definition) is 2. The van der Waals surface area contributed by atoms with E-state index in [1.165, 1.54) is 6.07 Å². The predicted octanol–water partition coefficient (Wildman–Crippen LogP) is 2.42. The lowest BCUT2D eigenvalue weighted by molar-refractivity contribution is -0.148. The molecule has 2 N–H and O–H groups in total. The third kappa shape index (κ3) is 5.08. The Morgan fingerprint density at radius 2 is 1.87 bits per heavy atom. The van der Waals surface area contributed by atoms with Gasteiger partial charge in [-0.3, -0.25) is 4.79 Å². The van der Waals surface area contributed by atoms with Gasteiger partial charge in [0.1, 0.15) is 12.6 Å². The van der Waals surface area contributed by atoms with Crippen LogP contribution in [-0.4, -0.2) is 30.1 Å². The molecule has 0 aliphatic carbocycles. The normalized spacial score (nSPS) is 14.4. The highest BCUT2D eigenvalue weighted by atomic mass is 19.4. The number of ether oxygens (including phenoxy) is 1. The highest BCUT2D eigenvalue weighted by Gasteiger charge is 2.44. The van der Waals surface area contributed by atoms with Crippen molar-refractivity contribution in [3.63, 3.8) is 0 Å². The van der Waals surface area contributed by atoms with Gasteiger partial charge in [0.05, 0.1) is 17.7 Å². The molecule has 10 heteroatoms. The Bertz CT molecular complexity index is 965. The molecule has 6 nitrogen and oxygen atoms in total. The summed E-state index contributed by atoms with van der Waals surface area (Å²) in [5, 5.41) is 12.2. The molecule has 0 spiro atoms. The zero-order chi connectivity index (χ0) is 22.8. The Morgan fingerprint density at radius 1 is 1.19 bits per heavy atom. The Hall–Kier alpha value is -2.85. The van der Waals surface area contributed by atoms with Gasteiger partial charge in [0.15, 0.2) is 0 Å². The number of alkyl halides is 3. The van der Waals surface area contributed by atoms with Crippen molar-refractivity contribution in [3.8, 4) is 0 Å². The molecule has 1 heterocycles. The van der Waals surface area contributed by atoms with Gasteiger partial charge in [-0.05, 0) is 23.1 Å². The summed E-state index contributed by atoms with van der Waals surface area (Å²) in [6, 6.07) is 10.0. The molecular formula is C21H21BF3NO5. The summed E-state index contributed by atoms with van der Waals surface area (Å²) in [7, 11) is -1.78. The molecule has 0 unspecified atom stereocenters. The fraction of sp³-hybridized carbons (Fsp3) is 0.333. The fourth-order valence-corrected chi connectivity index (χ4v) is 3.35. The van der Waals surface area contributed by atoms with Gasteiger partial charge < -0.3 is 19.7 Å². The molecule has 164 valence electrons. The lowest BCUT2D eigenvalue weighted by Gasteiger charge is -2.23. The topological polar surface area (TPSA) is 84.9 Å². The van der Waals surface area contributed by atoms with E-state index in [-0.39, 0.29) is 18.8 Å². The van der Waals surface area contributed by atoms with Gasteiger partial charge in [-0.25, -0.2) is 4.79 Å². The minimum absolute atomic E-state index is 0.0328. The van der Waals surface area contributed by atoms with Crippen molar-refractivity contribution in [1.82, 2.24) is 5.32 Å². The third-order valence-corrected chi connectivity index (χ3v) is 4.94. The average Bonchev–Trinajstić information content (AvgIpc) is 3.10. The molecule has 31 heavy (non-hydrogen) atoms. The van der Waals surface area contributed by atoms with Gasteiger partial charge in [0.2, 0.25) is 0 Å². The minimum atomic E-state index is -4.91. The first kappa shape index (κ1) is 22.8. The summed E-state index contributed by atoms with van der Waals surface area (Å²) in [5.41, 5.74) is -1.56. The van der Waals surface area contributed by atoms with Crippen molar-refractivity contribution in [1.29, 1.82) is 0 Å². The molecule has 1 atom stereocenters. The SMILES string of the molecule is CC(C)[C@H](NC(=O)c1ccc2c(c1C(F)(F)F)B(O)OC2)C(=O)OCc1ccccc1. The van der Waals surface area contributed by atoms with Crippen LogP contribution in [0.5, 0.6) is 0 Å². The molecule has 2 aromatic carbocycles. The second kappa shape index (κ2) is 9.11. The molecular weight excluding hydrogens is 414 g/mol. The van der Waals surface area contributed by atoms with Crippen molar-refractivity contribution in [2.75, 3.05) is 0 Å². The fourth-order valence-electron chi connectivity index (χ4n) is 3.35. The van der Waals surface area contributed by atoms with Crippen LogP contribution in [0.4, 0.5) is 13.2 Å². The van der Waals surface area contributed by atoms with E-state index < -0.39 is 53.7 Å². The lowest BCUT2D eigenvalue weighted by atomic mass is 9.74. The molecule has 1 aliphatic rings. The van der Waals surface area contributed by atoms with Gasteiger partial charge in [-0.1, -0.05) is 50.2 Å². The van der Waals surface area contributed by atoms with E-state index in [0.717, 1.165) is 11.6 Å². The number of benzene rings is 2. The first-order valence-corrected chi connectivity index (χ1v) is 9.63. The van der Waals surface area contributed by atoms with Crippen LogP contribution in [0.3, 0.4) is 0 Å². The van der Waals surface area contributed by atoms with Gasteiger partial charge in [0.25, 0.3) is 5.91 Å². The van der Waals surface area contributed by atoms with Crippen molar-refractivity contribution in [2.45, 2.75) is 39.3 Å². The van der Waals surface area contributed by atoms with Gasteiger partial charge in [0, 0.05) is 5.46 Å². The highest BCUT2D eigenvalue weighted by Crippen LogP contribution is 2.33. The number of esters is 1. The summed E-state index contributed by atoms with van der Waals surface area (Å²) >= 11 is 0. The molecule has 3 rings (SSSR count). The second-order valence-corrected chi connectivity index (χ2v) is 7.51. The van der Waals surface area contributed by atoms with Crippen LogP contribution >= 0.6 is 0 Å². The van der Waals surface area contributed by atoms with E-state index >= 15 is 0 Å². The molecule has 1 amide bonds. The van der Waals surface area contributed by atoms with Crippen LogP contribution in [0.15, 0.2) is 42.5 Å². The minimum Gasteiger partial charge on any atom is -0.459 e. The molecule has 0 radical (unpaired) electrons. The van der Waals surface area contributed by atoms with Crippen LogP contribution in [-0.2, 0) is 33.6 Å². The number of amides is 1. The van der Waals surface area contributed by atoms with Gasteiger partial charge in [-0.2, -0.15) is 13.2 Å². The maximum absolute atomic E-state index is 13.8. The second-order valence-electron chi connectivity index (χ2n) is 7.51. The molecule has 0 bridgehead atoms. The largest absolute Gasteiger partial charge is 0.492 e. The molecule has 2 aromatic rings. The number of fused-ring (bicyclic) bond motifs is 1. The van der Waals surface area contributed by atoms with Crippen LogP contribution in [0.1, 0.15) is 40.9 Å². The Balaban J connectivity index is 1.83. The predicted molar refractivity (Wildman–Crippen MR) is 106 cm³/mol. The maximum Gasteiger partial charge on any atom is 0.492 e. The zero-order valence-electron chi connectivity index (χ0n) is 16.9. The highest BCUT2D eigenvalue weighted by molar-refractivity contribution is 6.62. The summed E-state index contributed by atoms with van der Waals surface area (Å²) in [4.78, 5) is 25.3. The van der Waals surface area contributed by atoms with Crippen LogP contribution in [0.25, 0.3) is 0 Å². The monoisotopic (exact) mass is 435 g/mol. The van der Waals surface area contributed by atoms with Crippen molar-refractivity contribution in [3.05, 3.63) is 64.7 Å². The summed E-state index contributed by atoms with van der Waals surface area (Å²) in [5.74, 6) is -2.29. The van der Waals surface area contributed by atoms with Crippen LogP contribution in [0.2, 0.25) is 0 Å². The number of hydrogen-bond acceptors (Lipinski definition) is 5. The van der Waals surface area contributed by atoms with E-state index in [2.05, 4.69) is 5.32 Å². The molecule has 0 fully saturated rings. The van der Waals surface area contributed by atoms with Crippen LogP contribution < -0.4 is 10.8 Å². The first-order chi connectivity index (χ1) is 14.6. The standard InChI is InChI=1S/C21H21BF3NO5/c1-12(2)18(20(28)30-10-13-6-4-3-5-7-13)26-19(27)15-9-8-14-11-31-22(29)17(14)16(15)21(23,24)25/h3-9,12,18,29H,10-11H2,1-2H3,(H,26,27)/t18-/m0/s1. The zero-order valence-corrected chi connectivity index (χ0v) is 16.9. The summed E-state index contributed by atoms with van der Waals surface area (Å²) in [6.45, 7) is 3.05. The van der Waals surface area contributed by atoms with Crippen molar-refractivity contribution in [2.24, 2.45) is 5.92 Å². The van der Waals surface area contributed by atoms with E-state index in [0.29, 0.717) is 0 Å². The third-order valence-electron chi connectivity index (χ3n) is 4.94. The molecule has 0 saturated heterocycles. The molecule has 0 aromatic heterocycles. The number of rotatable bonds is 6. The maximum atomic E-state index is 13.8. The molecule has 1 aliphatic heterocycles. The lowest BCUT2D eigenvalue weighted by Crippen LogP contribution is -2.46. The van der Waals surface area contributed by atoms with E-state index in [9.17, 15) is 27.8 Å². The van der Waals surface area contributed by atoms with Gasteiger partial charge >= 0.3 is 19.3 Å². The number of carbonyl (C=O) groups is 2. The van der Waals surface area contributed by atoms with Crippen LogP contribution in [0, 0.1) is 5.92 Å². The number of halogens is 3. The quantitative estimate of drug-likeness (QED) is 0.538. The summed E-state index contributed by atoms with van der Waals surface area (Å²) < 4.78 is 51.4. The first-order valence-electron chi connectivity index (χ1n) is 9.63. The van der Waals surface area contributed by atoms with Crippen molar-refractivity contribution >= 4 is 24.5 Å². The van der Waals surface area contributed by atoms with E-state index in [1.807, 2.05) is 0 Å². The number of nitrogens with one attached hydrogen (secondary N) is 1. The average molecular weight is 435 g/mol. The van der Waals surface area contributed by atoms with E-state index in [4.69, 9.17) is 9.39 Å². The van der Waals surface area contributed by atoms with Gasteiger partial charge in [-0.15, -0.1) is 0 Å². The van der Waals surface area contributed by atoms with E-state index in [1.54, 1.807) is 44.2 Å². The molecule has 0 saturated carbocycles.